The molecule has 0 radical (unpaired) electrons. The van der Waals surface area contributed by atoms with Crippen LogP contribution in [0.2, 0.25) is 0 Å². The highest BCUT2D eigenvalue weighted by molar-refractivity contribution is 14.1. The maximum atomic E-state index is 11.6. The van der Waals surface area contributed by atoms with Gasteiger partial charge < -0.3 is 5.32 Å². The van der Waals surface area contributed by atoms with E-state index in [0.29, 0.717) is 12.3 Å². The van der Waals surface area contributed by atoms with Crippen molar-refractivity contribution in [2.75, 3.05) is 5.32 Å². The molecule has 0 saturated carbocycles. The minimum Gasteiger partial charge on any atom is -0.325 e. The Bertz CT molecular complexity index is 336. The van der Waals surface area contributed by atoms with Gasteiger partial charge in [-0.15, -0.1) is 0 Å². The third kappa shape index (κ3) is 4.64. The van der Waals surface area contributed by atoms with Crippen LogP contribution < -0.4 is 5.32 Å². The standard InChI is InChI=1S/C12H16INO/c1-9(2)7-8-12(15)14-11-6-4-3-5-10(11)13/h3-6,9H,7-8H2,1-2H3,(H,14,15). The first-order chi connectivity index (χ1) is 7.09. The van der Waals surface area contributed by atoms with Crippen molar-refractivity contribution in [1.82, 2.24) is 0 Å². The summed E-state index contributed by atoms with van der Waals surface area (Å²) in [6.45, 7) is 4.25. The number of amides is 1. The first-order valence-corrected chi connectivity index (χ1v) is 6.22. The average Bonchev–Trinajstić information content (AvgIpc) is 2.18. The molecule has 1 aromatic rings. The first-order valence-electron chi connectivity index (χ1n) is 5.14. The van der Waals surface area contributed by atoms with Gasteiger partial charge in [0.2, 0.25) is 5.91 Å². The van der Waals surface area contributed by atoms with Crippen molar-refractivity contribution in [3.8, 4) is 0 Å². The van der Waals surface area contributed by atoms with Crippen LogP contribution in [0.4, 0.5) is 5.69 Å². The lowest BCUT2D eigenvalue weighted by molar-refractivity contribution is -0.116. The number of nitrogens with one attached hydrogen (secondary N) is 1. The Balaban J connectivity index is 2.48. The fraction of sp³-hybridized carbons (Fsp3) is 0.417. The zero-order valence-electron chi connectivity index (χ0n) is 9.09. The SMILES string of the molecule is CC(C)CCC(=O)Nc1ccccc1I. The second kappa shape index (κ2) is 6.10. The monoisotopic (exact) mass is 317 g/mol. The molecule has 82 valence electrons. The molecule has 0 aliphatic carbocycles. The third-order valence-electron chi connectivity index (χ3n) is 2.10. The Hall–Kier alpha value is -0.580. The number of para-hydroxylation sites is 1. The molecule has 0 aliphatic rings. The molecular formula is C12H16INO. The summed E-state index contributed by atoms with van der Waals surface area (Å²) in [5.74, 6) is 0.679. The highest BCUT2D eigenvalue weighted by Gasteiger charge is 2.05. The van der Waals surface area contributed by atoms with Gasteiger partial charge in [0.25, 0.3) is 0 Å². The second-order valence-electron chi connectivity index (χ2n) is 3.96. The molecule has 1 aromatic carbocycles. The summed E-state index contributed by atoms with van der Waals surface area (Å²) < 4.78 is 1.08. The summed E-state index contributed by atoms with van der Waals surface area (Å²) >= 11 is 2.22. The van der Waals surface area contributed by atoms with Crippen molar-refractivity contribution in [2.45, 2.75) is 26.7 Å². The number of hydrogen-bond donors (Lipinski definition) is 1. The number of anilines is 1. The number of carbonyl (C=O) groups excluding carboxylic acids is 1. The largest absolute Gasteiger partial charge is 0.325 e. The van der Waals surface area contributed by atoms with Gasteiger partial charge in [-0.1, -0.05) is 26.0 Å². The van der Waals surface area contributed by atoms with Crippen LogP contribution in [0.5, 0.6) is 0 Å². The van der Waals surface area contributed by atoms with Gasteiger partial charge in [0, 0.05) is 9.99 Å². The van der Waals surface area contributed by atoms with Gasteiger partial charge in [-0.3, -0.25) is 4.79 Å². The van der Waals surface area contributed by atoms with E-state index >= 15 is 0 Å². The van der Waals surface area contributed by atoms with E-state index in [4.69, 9.17) is 0 Å². The Morgan fingerprint density at radius 3 is 2.67 bits per heavy atom. The normalized spacial score (nSPS) is 10.4. The maximum absolute atomic E-state index is 11.6. The van der Waals surface area contributed by atoms with Gasteiger partial charge in [0.05, 0.1) is 5.69 Å². The topological polar surface area (TPSA) is 29.1 Å². The van der Waals surface area contributed by atoms with E-state index in [2.05, 4.69) is 41.8 Å². The Morgan fingerprint density at radius 1 is 1.40 bits per heavy atom. The van der Waals surface area contributed by atoms with Crippen LogP contribution >= 0.6 is 22.6 Å². The quantitative estimate of drug-likeness (QED) is 0.844. The number of benzene rings is 1. The molecule has 1 rings (SSSR count). The fourth-order valence-corrected chi connectivity index (χ4v) is 1.72. The van der Waals surface area contributed by atoms with E-state index < -0.39 is 0 Å². The lowest BCUT2D eigenvalue weighted by atomic mass is 10.1. The van der Waals surface area contributed by atoms with E-state index in [9.17, 15) is 4.79 Å². The molecule has 1 N–H and O–H groups in total. The number of rotatable bonds is 4. The maximum Gasteiger partial charge on any atom is 0.224 e. The molecule has 0 heterocycles. The van der Waals surface area contributed by atoms with Gasteiger partial charge in [-0.05, 0) is 47.1 Å². The molecule has 0 aromatic heterocycles. The Labute approximate surface area is 105 Å². The van der Waals surface area contributed by atoms with Crippen LogP contribution in [0.25, 0.3) is 0 Å². The minimum absolute atomic E-state index is 0.104. The van der Waals surface area contributed by atoms with Crippen molar-refractivity contribution >= 4 is 34.2 Å². The molecule has 0 atom stereocenters. The predicted octanol–water partition coefficient (Wildman–Crippen LogP) is 3.67. The molecule has 0 bridgehead atoms. The van der Waals surface area contributed by atoms with Gasteiger partial charge >= 0.3 is 0 Å². The molecule has 0 fully saturated rings. The van der Waals surface area contributed by atoms with Crippen molar-refractivity contribution in [1.29, 1.82) is 0 Å². The van der Waals surface area contributed by atoms with Gasteiger partial charge in [0.15, 0.2) is 0 Å². The fourth-order valence-electron chi connectivity index (χ4n) is 1.20. The van der Waals surface area contributed by atoms with E-state index in [1.165, 1.54) is 0 Å². The smallest absolute Gasteiger partial charge is 0.224 e. The van der Waals surface area contributed by atoms with Crippen LogP contribution in [0.3, 0.4) is 0 Å². The molecule has 0 aliphatic heterocycles. The highest BCUT2D eigenvalue weighted by Crippen LogP contribution is 2.17. The lowest BCUT2D eigenvalue weighted by Gasteiger charge is -2.08. The summed E-state index contributed by atoms with van der Waals surface area (Å²) in [5, 5.41) is 2.92. The van der Waals surface area contributed by atoms with Crippen LogP contribution in [0, 0.1) is 9.49 Å². The summed E-state index contributed by atoms with van der Waals surface area (Å²) in [6, 6.07) is 7.80. The van der Waals surface area contributed by atoms with Crippen molar-refractivity contribution in [2.24, 2.45) is 5.92 Å². The Morgan fingerprint density at radius 2 is 2.07 bits per heavy atom. The number of halogens is 1. The molecular weight excluding hydrogens is 301 g/mol. The predicted molar refractivity (Wildman–Crippen MR) is 71.9 cm³/mol. The zero-order valence-corrected chi connectivity index (χ0v) is 11.2. The van der Waals surface area contributed by atoms with Gasteiger partial charge in [-0.2, -0.15) is 0 Å². The lowest BCUT2D eigenvalue weighted by Crippen LogP contribution is -2.12. The van der Waals surface area contributed by atoms with Gasteiger partial charge in [0.1, 0.15) is 0 Å². The van der Waals surface area contributed by atoms with Crippen molar-refractivity contribution < 1.29 is 4.79 Å². The van der Waals surface area contributed by atoms with Crippen LogP contribution in [0.1, 0.15) is 26.7 Å². The van der Waals surface area contributed by atoms with Crippen LogP contribution in [-0.2, 0) is 4.79 Å². The molecule has 15 heavy (non-hydrogen) atoms. The molecule has 3 heteroatoms. The summed E-state index contributed by atoms with van der Waals surface area (Å²) in [7, 11) is 0. The second-order valence-corrected chi connectivity index (χ2v) is 5.12. The van der Waals surface area contributed by atoms with E-state index in [1.54, 1.807) is 0 Å². The third-order valence-corrected chi connectivity index (χ3v) is 3.04. The van der Waals surface area contributed by atoms with Crippen LogP contribution in [-0.4, -0.2) is 5.91 Å². The van der Waals surface area contributed by atoms with Crippen LogP contribution in [0.15, 0.2) is 24.3 Å². The molecule has 0 saturated heterocycles. The highest BCUT2D eigenvalue weighted by atomic mass is 127. The first kappa shape index (κ1) is 12.5. The minimum atomic E-state index is 0.104. The van der Waals surface area contributed by atoms with E-state index in [0.717, 1.165) is 15.7 Å². The van der Waals surface area contributed by atoms with E-state index in [1.807, 2.05) is 24.3 Å². The zero-order chi connectivity index (χ0) is 11.3. The summed E-state index contributed by atoms with van der Waals surface area (Å²) in [5.41, 5.74) is 0.909. The van der Waals surface area contributed by atoms with Crippen molar-refractivity contribution in [3.05, 3.63) is 27.8 Å². The van der Waals surface area contributed by atoms with Crippen molar-refractivity contribution in [3.63, 3.8) is 0 Å². The molecule has 1 amide bonds. The molecule has 0 unspecified atom stereocenters. The molecule has 0 spiro atoms. The summed E-state index contributed by atoms with van der Waals surface area (Å²) in [4.78, 5) is 11.6. The van der Waals surface area contributed by atoms with Gasteiger partial charge in [-0.25, -0.2) is 0 Å². The Kier molecular flexibility index (Phi) is 5.08. The van der Waals surface area contributed by atoms with E-state index in [-0.39, 0.29) is 5.91 Å². The summed E-state index contributed by atoms with van der Waals surface area (Å²) in [6.07, 6.45) is 1.54. The number of hydrogen-bond acceptors (Lipinski definition) is 1. The molecule has 2 nitrogen and oxygen atoms in total. The average molecular weight is 317 g/mol. The number of carbonyl (C=O) groups is 1.